The first kappa shape index (κ1) is 16.5. The maximum Gasteiger partial charge on any atom is 0.262 e. The monoisotopic (exact) mass is 365 g/mol. The molecule has 1 N–H and O–H groups in total. The third-order valence-corrected chi connectivity index (χ3v) is 3.69. The molecule has 22 heavy (non-hydrogen) atoms. The lowest BCUT2D eigenvalue weighted by atomic mass is 10.1. The number of aryl methyl sites for hydroxylation is 3. The molecule has 0 heterocycles. The third kappa shape index (κ3) is 4.07. The number of anilines is 1. The molecule has 0 aromatic heterocycles. The van der Waals surface area contributed by atoms with Crippen molar-refractivity contribution in [1.29, 1.82) is 0 Å². The summed E-state index contributed by atoms with van der Waals surface area (Å²) in [5.74, 6) is -0.780. The normalized spacial score (nSPS) is 10.4. The van der Waals surface area contributed by atoms with Crippen LogP contribution in [0.4, 0.5) is 10.1 Å². The van der Waals surface area contributed by atoms with Gasteiger partial charge in [-0.25, -0.2) is 4.39 Å². The summed E-state index contributed by atoms with van der Waals surface area (Å²) in [5, 5.41) is 2.81. The molecule has 2 rings (SSSR count). The number of hydrogen-bond donors (Lipinski definition) is 1. The first-order valence-corrected chi connectivity index (χ1v) is 7.61. The fourth-order valence-corrected chi connectivity index (χ4v) is 2.62. The van der Waals surface area contributed by atoms with Crippen LogP contribution in [0.25, 0.3) is 0 Å². The summed E-state index contributed by atoms with van der Waals surface area (Å²) in [6, 6.07) is 8.43. The van der Waals surface area contributed by atoms with E-state index < -0.39 is 5.82 Å². The number of halogens is 2. The lowest BCUT2D eigenvalue weighted by Gasteiger charge is -2.13. The number of benzene rings is 2. The Bertz CT molecular complexity index is 693. The van der Waals surface area contributed by atoms with E-state index in [1.54, 1.807) is 6.07 Å². The second-order valence-corrected chi connectivity index (χ2v) is 6.10. The van der Waals surface area contributed by atoms with Crippen molar-refractivity contribution < 1.29 is 13.9 Å². The number of rotatable bonds is 4. The maximum absolute atomic E-state index is 13.6. The Morgan fingerprint density at radius 1 is 1.18 bits per heavy atom. The predicted octanol–water partition coefficient (Wildman–Crippen LogP) is 4.53. The molecule has 0 atom stereocenters. The fourth-order valence-electron chi connectivity index (χ4n) is 2.29. The van der Waals surface area contributed by atoms with Gasteiger partial charge in [-0.15, -0.1) is 0 Å². The van der Waals surface area contributed by atoms with Crippen molar-refractivity contribution in [1.82, 2.24) is 0 Å². The van der Waals surface area contributed by atoms with Gasteiger partial charge in [0.1, 0.15) is 0 Å². The van der Waals surface area contributed by atoms with E-state index in [-0.39, 0.29) is 18.3 Å². The van der Waals surface area contributed by atoms with Crippen molar-refractivity contribution >= 4 is 27.5 Å². The predicted molar refractivity (Wildman–Crippen MR) is 88.9 cm³/mol. The number of hydrogen-bond acceptors (Lipinski definition) is 2. The highest BCUT2D eigenvalue weighted by atomic mass is 79.9. The molecule has 2 aromatic carbocycles. The van der Waals surface area contributed by atoms with Crippen molar-refractivity contribution in [2.45, 2.75) is 20.8 Å². The van der Waals surface area contributed by atoms with Crippen molar-refractivity contribution in [2.24, 2.45) is 0 Å². The van der Waals surface area contributed by atoms with Gasteiger partial charge in [0, 0.05) is 10.2 Å². The quantitative estimate of drug-likeness (QED) is 0.864. The van der Waals surface area contributed by atoms with Crippen LogP contribution in [0.1, 0.15) is 16.7 Å². The first-order chi connectivity index (χ1) is 10.4. The van der Waals surface area contributed by atoms with Crippen LogP contribution in [0, 0.1) is 26.6 Å². The largest absolute Gasteiger partial charge is 0.481 e. The summed E-state index contributed by atoms with van der Waals surface area (Å²) in [7, 11) is 0. The standard InChI is InChI=1S/C17H17BrFNO2/c1-10-6-11(2)17(12(3)7-10)20-16(21)9-22-15-5-4-13(18)8-14(15)19/h4-8H,9H2,1-3H3,(H,20,21). The number of carbonyl (C=O) groups is 1. The average molecular weight is 366 g/mol. The molecule has 2 aromatic rings. The van der Waals surface area contributed by atoms with E-state index in [9.17, 15) is 9.18 Å². The number of carbonyl (C=O) groups excluding carboxylic acids is 1. The summed E-state index contributed by atoms with van der Waals surface area (Å²) in [6.07, 6.45) is 0. The molecule has 0 aliphatic carbocycles. The number of nitrogens with one attached hydrogen (secondary N) is 1. The van der Waals surface area contributed by atoms with E-state index in [1.165, 1.54) is 12.1 Å². The Balaban J connectivity index is 2.02. The van der Waals surface area contributed by atoms with Crippen LogP contribution < -0.4 is 10.1 Å². The van der Waals surface area contributed by atoms with Crippen molar-refractivity contribution in [2.75, 3.05) is 11.9 Å². The van der Waals surface area contributed by atoms with Gasteiger partial charge >= 0.3 is 0 Å². The topological polar surface area (TPSA) is 38.3 Å². The average Bonchev–Trinajstić information content (AvgIpc) is 2.42. The van der Waals surface area contributed by atoms with Gasteiger partial charge in [0.05, 0.1) is 0 Å². The van der Waals surface area contributed by atoms with Gasteiger partial charge in [0.2, 0.25) is 0 Å². The second-order valence-electron chi connectivity index (χ2n) is 5.19. The van der Waals surface area contributed by atoms with Crippen LogP contribution in [0.15, 0.2) is 34.8 Å². The lowest BCUT2D eigenvalue weighted by molar-refractivity contribution is -0.118. The molecule has 0 aliphatic heterocycles. The van der Waals surface area contributed by atoms with Crippen molar-refractivity contribution in [3.63, 3.8) is 0 Å². The molecule has 0 bridgehead atoms. The van der Waals surface area contributed by atoms with Gasteiger partial charge in [-0.3, -0.25) is 4.79 Å². The lowest BCUT2D eigenvalue weighted by Crippen LogP contribution is -2.21. The molecule has 0 spiro atoms. The first-order valence-electron chi connectivity index (χ1n) is 6.82. The van der Waals surface area contributed by atoms with E-state index in [1.807, 2.05) is 32.9 Å². The van der Waals surface area contributed by atoms with Crippen LogP contribution in [0.5, 0.6) is 5.75 Å². The van der Waals surface area contributed by atoms with Crippen molar-refractivity contribution in [3.05, 3.63) is 57.3 Å². The zero-order valence-electron chi connectivity index (χ0n) is 12.7. The molecule has 0 aliphatic rings. The highest BCUT2D eigenvalue weighted by Gasteiger charge is 2.10. The van der Waals surface area contributed by atoms with Crippen molar-refractivity contribution in [3.8, 4) is 5.75 Å². The summed E-state index contributed by atoms with van der Waals surface area (Å²) in [5.41, 5.74) is 3.89. The molecule has 1 amide bonds. The summed E-state index contributed by atoms with van der Waals surface area (Å²) < 4.78 is 19.5. The molecule has 5 heteroatoms. The highest BCUT2D eigenvalue weighted by Crippen LogP contribution is 2.23. The molecule has 0 unspecified atom stereocenters. The Hall–Kier alpha value is -1.88. The van der Waals surface area contributed by atoms with E-state index in [0.717, 1.165) is 22.4 Å². The van der Waals surface area contributed by atoms with Crippen LogP contribution in [0.3, 0.4) is 0 Å². The molecular weight excluding hydrogens is 349 g/mol. The Morgan fingerprint density at radius 2 is 1.82 bits per heavy atom. The van der Waals surface area contributed by atoms with E-state index in [2.05, 4.69) is 21.2 Å². The molecular formula is C17H17BrFNO2. The fraction of sp³-hybridized carbons (Fsp3) is 0.235. The van der Waals surface area contributed by atoms with E-state index >= 15 is 0 Å². The minimum Gasteiger partial charge on any atom is -0.481 e. The molecule has 0 saturated carbocycles. The molecule has 116 valence electrons. The van der Waals surface area contributed by atoms with Crippen LogP contribution in [-0.4, -0.2) is 12.5 Å². The van der Waals surface area contributed by atoms with Gasteiger partial charge in [0.15, 0.2) is 18.2 Å². The minimum atomic E-state index is -0.509. The second kappa shape index (κ2) is 6.92. The molecule has 0 saturated heterocycles. The highest BCUT2D eigenvalue weighted by molar-refractivity contribution is 9.10. The van der Waals surface area contributed by atoms with Crippen LogP contribution >= 0.6 is 15.9 Å². The molecule has 0 radical (unpaired) electrons. The zero-order valence-corrected chi connectivity index (χ0v) is 14.3. The van der Waals surface area contributed by atoms with Gasteiger partial charge < -0.3 is 10.1 Å². The van der Waals surface area contributed by atoms with E-state index in [0.29, 0.717) is 4.47 Å². The Labute approximate surface area is 137 Å². The molecule has 0 fully saturated rings. The summed E-state index contributed by atoms with van der Waals surface area (Å²) in [6.45, 7) is 5.63. The Kier molecular flexibility index (Phi) is 5.19. The van der Waals surface area contributed by atoms with Gasteiger partial charge in [-0.1, -0.05) is 33.6 Å². The van der Waals surface area contributed by atoms with Gasteiger partial charge in [-0.05, 0) is 50.1 Å². The van der Waals surface area contributed by atoms with Gasteiger partial charge in [-0.2, -0.15) is 0 Å². The maximum atomic E-state index is 13.6. The minimum absolute atomic E-state index is 0.0516. The zero-order chi connectivity index (χ0) is 16.3. The summed E-state index contributed by atoms with van der Waals surface area (Å²) >= 11 is 3.17. The van der Waals surface area contributed by atoms with Crippen LogP contribution in [-0.2, 0) is 4.79 Å². The Morgan fingerprint density at radius 3 is 2.41 bits per heavy atom. The summed E-state index contributed by atoms with van der Waals surface area (Å²) in [4.78, 5) is 12.0. The number of ether oxygens (including phenoxy) is 1. The third-order valence-electron chi connectivity index (χ3n) is 3.19. The number of amides is 1. The smallest absolute Gasteiger partial charge is 0.262 e. The van der Waals surface area contributed by atoms with Gasteiger partial charge in [0.25, 0.3) is 5.91 Å². The van der Waals surface area contributed by atoms with E-state index in [4.69, 9.17) is 4.74 Å². The molecule has 3 nitrogen and oxygen atoms in total. The SMILES string of the molecule is Cc1cc(C)c(NC(=O)COc2ccc(Br)cc2F)c(C)c1. The van der Waals surface area contributed by atoms with Crippen LogP contribution in [0.2, 0.25) is 0 Å².